The number of ether oxygens (including phenoxy) is 2. The van der Waals surface area contributed by atoms with E-state index < -0.39 is 17.9 Å². The number of carbonyl (C=O) groups is 2. The highest BCUT2D eigenvalue weighted by atomic mass is 32.1. The molecular formula is C19H24N2O5S. The summed E-state index contributed by atoms with van der Waals surface area (Å²) in [5.41, 5.74) is 0.725. The van der Waals surface area contributed by atoms with E-state index in [1.165, 1.54) is 25.6 Å². The van der Waals surface area contributed by atoms with Crippen LogP contribution >= 0.6 is 11.3 Å². The summed E-state index contributed by atoms with van der Waals surface area (Å²) in [7, 11) is 3.01. The van der Waals surface area contributed by atoms with Crippen LogP contribution in [0.4, 0.5) is 0 Å². The minimum atomic E-state index is -1.02. The molecule has 1 atom stereocenters. The van der Waals surface area contributed by atoms with E-state index in [2.05, 4.69) is 10.3 Å². The van der Waals surface area contributed by atoms with Crippen LogP contribution in [0.1, 0.15) is 54.3 Å². The lowest BCUT2D eigenvalue weighted by molar-refractivity contribution is -0.137. The molecule has 8 heteroatoms. The van der Waals surface area contributed by atoms with E-state index in [0.29, 0.717) is 17.1 Å². The number of methoxy groups -OCH3 is 2. The summed E-state index contributed by atoms with van der Waals surface area (Å²) in [5.74, 6) is -0.453. The molecule has 146 valence electrons. The van der Waals surface area contributed by atoms with E-state index >= 15 is 0 Å². The Morgan fingerprint density at radius 2 is 1.89 bits per heavy atom. The monoisotopic (exact) mass is 392 g/mol. The summed E-state index contributed by atoms with van der Waals surface area (Å²) in [5, 5.41) is 14.5. The number of thiazole rings is 1. The summed E-state index contributed by atoms with van der Waals surface area (Å²) < 4.78 is 10.5. The van der Waals surface area contributed by atoms with Crippen molar-refractivity contribution in [3.63, 3.8) is 0 Å². The molecule has 7 nitrogen and oxygen atoms in total. The third kappa shape index (κ3) is 5.19. The predicted molar refractivity (Wildman–Crippen MR) is 103 cm³/mol. The second kappa shape index (κ2) is 8.39. The van der Waals surface area contributed by atoms with Crippen LogP contribution in [-0.2, 0) is 10.2 Å². The highest BCUT2D eigenvalue weighted by Gasteiger charge is 2.24. The van der Waals surface area contributed by atoms with E-state index in [1.807, 2.05) is 20.8 Å². The van der Waals surface area contributed by atoms with E-state index in [1.54, 1.807) is 23.6 Å². The van der Waals surface area contributed by atoms with Crippen LogP contribution in [0, 0.1) is 0 Å². The summed E-state index contributed by atoms with van der Waals surface area (Å²) >= 11 is 1.41. The Bertz CT molecular complexity index is 826. The fourth-order valence-corrected chi connectivity index (χ4v) is 3.34. The second-order valence-electron chi connectivity index (χ2n) is 7.03. The zero-order valence-electron chi connectivity index (χ0n) is 16.0. The topological polar surface area (TPSA) is 97.8 Å². The van der Waals surface area contributed by atoms with Crippen LogP contribution in [0.25, 0.3) is 0 Å². The van der Waals surface area contributed by atoms with Gasteiger partial charge in [0.25, 0.3) is 5.91 Å². The zero-order valence-corrected chi connectivity index (χ0v) is 16.8. The molecule has 1 aromatic heterocycles. The van der Waals surface area contributed by atoms with Gasteiger partial charge in [-0.1, -0.05) is 26.8 Å². The van der Waals surface area contributed by atoms with Gasteiger partial charge in [-0.15, -0.1) is 11.3 Å². The molecule has 0 aliphatic heterocycles. The van der Waals surface area contributed by atoms with E-state index in [0.717, 1.165) is 5.01 Å². The van der Waals surface area contributed by atoms with Crippen molar-refractivity contribution in [1.82, 2.24) is 10.3 Å². The molecule has 0 saturated carbocycles. The minimum Gasteiger partial charge on any atom is -0.493 e. The number of rotatable bonds is 7. The highest BCUT2D eigenvalue weighted by Crippen LogP contribution is 2.31. The van der Waals surface area contributed by atoms with Crippen molar-refractivity contribution in [3.05, 3.63) is 39.8 Å². The van der Waals surface area contributed by atoms with Gasteiger partial charge in [-0.2, -0.15) is 0 Å². The summed E-state index contributed by atoms with van der Waals surface area (Å²) in [6.45, 7) is 6.05. The molecule has 0 saturated heterocycles. The third-order valence-electron chi connectivity index (χ3n) is 3.87. The fraction of sp³-hybridized carbons (Fsp3) is 0.421. The first-order valence-corrected chi connectivity index (χ1v) is 9.24. The molecule has 27 heavy (non-hydrogen) atoms. The van der Waals surface area contributed by atoms with Crippen molar-refractivity contribution < 1.29 is 24.2 Å². The maximum Gasteiger partial charge on any atom is 0.305 e. The molecule has 1 aromatic carbocycles. The molecule has 2 N–H and O–H groups in total. The van der Waals surface area contributed by atoms with Crippen molar-refractivity contribution >= 4 is 23.2 Å². The maximum absolute atomic E-state index is 12.6. The summed E-state index contributed by atoms with van der Waals surface area (Å²) in [6.07, 6.45) is -0.266. The van der Waals surface area contributed by atoms with Crippen LogP contribution in [0.5, 0.6) is 11.5 Å². The van der Waals surface area contributed by atoms with Crippen molar-refractivity contribution in [3.8, 4) is 11.5 Å². The number of aromatic nitrogens is 1. The average Bonchev–Trinajstić information content (AvgIpc) is 3.10. The van der Waals surface area contributed by atoms with Gasteiger partial charge in [0.1, 0.15) is 5.69 Å². The van der Waals surface area contributed by atoms with Crippen LogP contribution in [-0.4, -0.2) is 36.2 Å². The van der Waals surface area contributed by atoms with Crippen molar-refractivity contribution in [1.29, 1.82) is 0 Å². The van der Waals surface area contributed by atoms with Gasteiger partial charge in [0.2, 0.25) is 0 Å². The molecule has 0 bridgehead atoms. The molecule has 0 fully saturated rings. The van der Waals surface area contributed by atoms with Crippen molar-refractivity contribution in [2.24, 2.45) is 0 Å². The molecule has 1 unspecified atom stereocenters. The summed E-state index contributed by atoms with van der Waals surface area (Å²) in [6, 6.07) is 4.32. The van der Waals surface area contributed by atoms with Gasteiger partial charge in [0.15, 0.2) is 11.5 Å². The maximum atomic E-state index is 12.6. The normalized spacial score (nSPS) is 12.3. The number of nitrogens with zero attached hydrogens (tertiary/aromatic N) is 1. The molecule has 1 amide bonds. The quantitative estimate of drug-likeness (QED) is 0.749. The number of nitrogens with one attached hydrogen (secondary N) is 1. The Morgan fingerprint density at radius 1 is 1.22 bits per heavy atom. The van der Waals surface area contributed by atoms with Crippen LogP contribution in [0.3, 0.4) is 0 Å². The molecule has 2 rings (SSSR count). The largest absolute Gasteiger partial charge is 0.493 e. The van der Waals surface area contributed by atoms with Crippen LogP contribution in [0.2, 0.25) is 0 Å². The molecule has 0 spiro atoms. The number of benzene rings is 1. The molecular weight excluding hydrogens is 368 g/mol. The molecule has 0 aliphatic rings. The van der Waals surface area contributed by atoms with Gasteiger partial charge in [-0.3, -0.25) is 9.59 Å². The Labute approximate surface area is 162 Å². The van der Waals surface area contributed by atoms with E-state index in [9.17, 15) is 14.7 Å². The standard InChI is InChI=1S/C19H24N2O5S/c1-19(2,3)18-21-13(10-27-18)17(24)20-12(9-16(22)23)11-6-7-14(25-4)15(8-11)26-5/h6-8,10,12H,9H2,1-5H3,(H,20,24)(H,22,23). The number of hydrogen-bond donors (Lipinski definition) is 2. The smallest absolute Gasteiger partial charge is 0.305 e. The predicted octanol–water partition coefficient (Wildman–Crippen LogP) is 3.40. The lowest BCUT2D eigenvalue weighted by atomic mass is 9.98. The number of aliphatic carboxylic acids is 1. The Morgan fingerprint density at radius 3 is 2.41 bits per heavy atom. The van der Waals surface area contributed by atoms with Gasteiger partial charge in [-0.25, -0.2) is 4.98 Å². The molecule has 0 aliphatic carbocycles. The highest BCUT2D eigenvalue weighted by molar-refractivity contribution is 7.10. The fourth-order valence-electron chi connectivity index (χ4n) is 2.45. The van der Waals surface area contributed by atoms with Gasteiger partial charge in [0.05, 0.1) is 31.7 Å². The number of carbonyl (C=O) groups excluding carboxylic acids is 1. The van der Waals surface area contributed by atoms with Crippen LogP contribution < -0.4 is 14.8 Å². The first-order chi connectivity index (χ1) is 12.7. The molecule has 2 aromatic rings. The number of hydrogen-bond acceptors (Lipinski definition) is 6. The van der Waals surface area contributed by atoms with Crippen LogP contribution in [0.15, 0.2) is 23.6 Å². The molecule has 1 heterocycles. The Kier molecular flexibility index (Phi) is 6.43. The SMILES string of the molecule is COc1ccc(C(CC(=O)O)NC(=O)c2csc(C(C)(C)C)n2)cc1OC. The van der Waals surface area contributed by atoms with Gasteiger partial charge in [-0.05, 0) is 17.7 Å². The van der Waals surface area contributed by atoms with Crippen molar-refractivity contribution in [2.45, 2.75) is 38.6 Å². The first kappa shape index (κ1) is 20.7. The molecule has 0 radical (unpaired) electrons. The van der Waals surface area contributed by atoms with Gasteiger partial charge >= 0.3 is 5.97 Å². The summed E-state index contributed by atoms with van der Waals surface area (Å²) in [4.78, 5) is 28.3. The third-order valence-corrected chi connectivity index (χ3v) is 5.14. The number of carboxylic acid groups (broad SMARTS) is 1. The van der Waals surface area contributed by atoms with E-state index in [4.69, 9.17) is 9.47 Å². The zero-order chi connectivity index (χ0) is 20.2. The average molecular weight is 392 g/mol. The lowest BCUT2D eigenvalue weighted by Gasteiger charge is -2.19. The van der Waals surface area contributed by atoms with E-state index in [-0.39, 0.29) is 17.5 Å². The Balaban J connectivity index is 2.28. The Hall–Kier alpha value is -2.61. The first-order valence-electron chi connectivity index (χ1n) is 8.36. The van der Waals surface area contributed by atoms with Crippen molar-refractivity contribution in [2.75, 3.05) is 14.2 Å². The second-order valence-corrected chi connectivity index (χ2v) is 7.88. The van der Waals surface area contributed by atoms with Gasteiger partial charge < -0.3 is 19.9 Å². The number of carboxylic acids is 1. The van der Waals surface area contributed by atoms with Gasteiger partial charge in [0, 0.05) is 10.8 Å². The lowest BCUT2D eigenvalue weighted by Crippen LogP contribution is -2.30. The number of amides is 1. The minimum absolute atomic E-state index is 0.160.